The van der Waals surface area contributed by atoms with Crippen LogP contribution in [0, 0.1) is 0 Å². The topological polar surface area (TPSA) is 80.9 Å². The lowest BCUT2D eigenvalue weighted by molar-refractivity contribution is -0.376. The van der Waals surface area contributed by atoms with Crippen LogP contribution in [0.5, 0.6) is 0 Å². The van der Waals surface area contributed by atoms with E-state index in [9.17, 15) is 0 Å². The molecular weight excluding hydrogens is 202 g/mol. The van der Waals surface area contributed by atoms with Gasteiger partial charge in [-0.3, -0.25) is 0 Å². The second-order valence-corrected chi connectivity index (χ2v) is 4.43. The minimum absolute atomic E-state index is 0.301. The van der Waals surface area contributed by atoms with Gasteiger partial charge in [0.1, 0.15) is 16.9 Å². The number of H-pyrrole nitrogens is 2. The summed E-state index contributed by atoms with van der Waals surface area (Å²) in [7, 11) is 0. The smallest absolute Gasteiger partial charge is 0.193 e. The molecule has 3 heterocycles. The summed E-state index contributed by atoms with van der Waals surface area (Å²) in [6, 6.07) is 1.96. The zero-order valence-corrected chi connectivity index (χ0v) is 9.09. The fourth-order valence-corrected chi connectivity index (χ4v) is 2.24. The molecule has 5 N–H and O–H groups in total. The quantitative estimate of drug-likeness (QED) is 0.626. The minimum Gasteiger partial charge on any atom is -0.336 e. The first-order valence-electron chi connectivity index (χ1n) is 5.64. The molecule has 0 atom stereocenters. The Balaban J connectivity index is 2.04. The number of rotatable bonds is 1. The number of aromatic amines is 2. The van der Waals surface area contributed by atoms with E-state index in [1.165, 1.54) is 0 Å². The Morgan fingerprint density at radius 3 is 2.94 bits per heavy atom. The van der Waals surface area contributed by atoms with Crippen molar-refractivity contribution < 1.29 is 4.98 Å². The van der Waals surface area contributed by atoms with E-state index in [0.717, 1.165) is 42.8 Å². The summed E-state index contributed by atoms with van der Waals surface area (Å²) in [5.41, 5.74) is 8.08. The molecule has 2 aromatic rings. The molecule has 0 spiro atoms. The van der Waals surface area contributed by atoms with Crippen LogP contribution in [0.2, 0.25) is 0 Å². The number of hydrogen-bond donors (Lipinski definition) is 3. The summed E-state index contributed by atoms with van der Waals surface area (Å²) in [5, 5.41) is 3.32. The molecule has 0 saturated carbocycles. The molecule has 0 amide bonds. The molecule has 5 heteroatoms. The van der Waals surface area contributed by atoms with E-state index < -0.39 is 0 Å². The van der Waals surface area contributed by atoms with Gasteiger partial charge in [-0.2, -0.15) is 0 Å². The monoisotopic (exact) mass is 218 g/mol. The van der Waals surface area contributed by atoms with Crippen LogP contribution in [0.4, 0.5) is 0 Å². The normalized spacial score (nSPS) is 20.1. The molecule has 1 aliphatic rings. The molecule has 0 aromatic carbocycles. The van der Waals surface area contributed by atoms with Crippen LogP contribution in [-0.2, 0) is 5.54 Å². The zero-order chi connectivity index (χ0) is 11.0. The van der Waals surface area contributed by atoms with E-state index >= 15 is 0 Å². The summed E-state index contributed by atoms with van der Waals surface area (Å²) < 4.78 is 0. The minimum atomic E-state index is -0.301. The van der Waals surface area contributed by atoms with Gasteiger partial charge < -0.3 is 16.0 Å². The van der Waals surface area contributed by atoms with E-state index in [2.05, 4.69) is 20.3 Å². The fourth-order valence-electron chi connectivity index (χ4n) is 2.24. The van der Waals surface area contributed by atoms with Gasteiger partial charge in [0, 0.05) is 6.07 Å². The highest BCUT2D eigenvalue weighted by Crippen LogP contribution is 2.26. The van der Waals surface area contributed by atoms with E-state index in [-0.39, 0.29) is 5.54 Å². The molecular formula is C11H16N5+. The van der Waals surface area contributed by atoms with Gasteiger partial charge in [-0.1, -0.05) is 0 Å². The van der Waals surface area contributed by atoms with Crippen LogP contribution in [0.1, 0.15) is 18.7 Å². The molecule has 5 nitrogen and oxygen atoms in total. The van der Waals surface area contributed by atoms with Crippen molar-refractivity contribution >= 4 is 11.0 Å². The number of hydrogen-bond acceptors (Lipinski definition) is 3. The summed E-state index contributed by atoms with van der Waals surface area (Å²) in [6.45, 7) is 1.92. The SMILES string of the molecule is NC1(c2nc3cc[nH+]cc3[nH]2)CCNCC1. The third-order valence-corrected chi connectivity index (χ3v) is 3.29. The van der Waals surface area contributed by atoms with Gasteiger partial charge in [-0.25, -0.2) is 9.97 Å². The standard InChI is InChI=1S/C11H15N5/c12-11(2-5-13-6-3-11)10-15-8-1-4-14-7-9(8)16-10/h1,4,7,13H,2-3,5-6,12H2,(H,15,16)/p+1. The van der Waals surface area contributed by atoms with Crippen molar-refractivity contribution in [3.63, 3.8) is 0 Å². The van der Waals surface area contributed by atoms with Crippen molar-refractivity contribution in [3.8, 4) is 0 Å². The van der Waals surface area contributed by atoms with Crippen molar-refractivity contribution in [2.75, 3.05) is 13.1 Å². The molecule has 16 heavy (non-hydrogen) atoms. The number of fused-ring (bicyclic) bond motifs is 1. The molecule has 0 bridgehead atoms. The molecule has 1 saturated heterocycles. The summed E-state index contributed by atoms with van der Waals surface area (Å²) in [4.78, 5) is 10.9. The van der Waals surface area contributed by atoms with Crippen molar-refractivity contribution in [1.82, 2.24) is 15.3 Å². The largest absolute Gasteiger partial charge is 0.336 e. The zero-order valence-electron chi connectivity index (χ0n) is 9.09. The number of nitrogens with one attached hydrogen (secondary N) is 3. The Morgan fingerprint density at radius 2 is 2.19 bits per heavy atom. The lowest BCUT2D eigenvalue weighted by Crippen LogP contribution is -2.47. The molecule has 0 unspecified atom stereocenters. The van der Waals surface area contributed by atoms with Crippen LogP contribution < -0.4 is 16.0 Å². The van der Waals surface area contributed by atoms with Crippen LogP contribution in [0.25, 0.3) is 11.0 Å². The first-order chi connectivity index (χ1) is 7.78. The molecule has 2 aromatic heterocycles. The van der Waals surface area contributed by atoms with Crippen LogP contribution >= 0.6 is 0 Å². The summed E-state index contributed by atoms with van der Waals surface area (Å²) in [6.07, 6.45) is 5.64. The Hall–Kier alpha value is -1.46. The van der Waals surface area contributed by atoms with Crippen molar-refractivity contribution in [2.24, 2.45) is 5.73 Å². The fraction of sp³-hybridized carbons (Fsp3) is 0.455. The summed E-state index contributed by atoms with van der Waals surface area (Å²) >= 11 is 0. The Kier molecular flexibility index (Phi) is 2.15. The second-order valence-electron chi connectivity index (χ2n) is 4.43. The molecule has 3 rings (SSSR count). The number of imidazole rings is 1. The third kappa shape index (κ3) is 1.48. The van der Waals surface area contributed by atoms with Crippen LogP contribution in [-0.4, -0.2) is 23.1 Å². The van der Waals surface area contributed by atoms with Gasteiger partial charge in [0.25, 0.3) is 0 Å². The lowest BCUT2D eigenvalue weighted by Gasteiger charge is -2.31. The maximum atomic E-state index is 6.40. The number of pyridine rings is 1. The Morgan fingerprint density at radius 1 is 1.38 bits per heavy atom. The molecule has 1 fully saturated rings. The number of piperidine rings is 1. The number of nitrogens with two attached hydrogens (primary N) is 1. The van der Waals surface area contributed by atoms with Gasteiger partial charge in [-0.15, -0.1) is 0 Å². The van der Waals surface area contributed by atoms with E-state index in [1.54, 1.807) is 0 Å². The predicted octanol–water partition coefficient (Wildman–Crippen LogP) is -0.0856. The lowest BCUT2D eigenvalue weighted by atomic mass is 9.89. The molecule has 0 aliphatic carbocycles. The van der Waals surface area contributed by atoms with Crippen LogP contribution in [0.15, 0.2) is 18.5 Å². The summed E-state index contributed by atoms with van der Waals surface area (Å²) in [5.74, 6) is 0.906. The van der Waals surface area contributed by atoms with Gasteiger partial charge >= 0.3 is 0 Å². The highest BCUT2D eigenvalue weighted by Gasteiger charge is 2.32. The Bertz CT molecular complexity index is 465. The highest BCUT2D eigenvalue weighted by atomic mass is 15.0. The molecule has 1 aliphatic heterocycles. The number of aromatic nitrogens is 3. The maximum Gasteiger partial charge on any atom is 0.193 e. The maximum absolute atomic E-state index is 6.40. The predicted molar refractivity (Wildman–Crippen MR) is 60.6 cm³/mol. The molecule has 84 valence electrons. The average molecular weight is 218 g/mol. The number of nitrogens with zero attached hydrogens (tertiary/aromatic N) is 1. The van der Waals surface area contributed by atoms with Gasteiger partial charge in [0.2, 0.25) is 0 Å². The van der Waals surface area contributed by atoms with Gasteiger partial charge in [-0.05, 0) is 25.9 Å². The molecule has 0 radical (unpaired) electrons. The Labute approximate surface area is 93.5 Å². The van der Waals surface area contributed by atoms with E-state index in [4.69, 9.17) is 5.73 Å². The van der Waals surface area contributed by atoms with E-state index in [0.29, 0.717) is 0 Å². The van der Waals surface area contributed by atoms with Gasteiger partial charge in [0.15, 0.2) is 12.4 Å². The van der Waals surface area contributed by atoms with Crippen molar-refractivity contribution in [2.45, 2.75) is 18.4 Å². The van der Waals surface area contributed by atoms with Crippen molar-refractivity contribution in [3.05, 3.63) is 24.3 Å². The average Bonchev–Trinajstić information content (AvgIpc) is 2.74. The van der Waals surface area contributed by atoms with Gasteiger partial charge in [0.05, 0.1) is 5.54 Å². The highest BCUT2D eigenvalue weighted by molar-refractivity contribution is 5.72. The van der Waals surface area contributed by atoms with Crippen molar-refractivity contribution in [1.29, 1.82) is 0 Å². The van der Waals surface area contributed by atoms with Crippen LogP contribution in [0.3, 0.4) is 0 Å². The second kappa shape index (κ2) is 3.54. The first kappa shape index (κ1) is 9.74. The first-order valence-corrected chi connectivity index (χ1v) is 5.64. The third-order valence-electron chi connectivity index (χ3n) is 3.29. The van der Waals surface area contributed by atoms with E-state index in [1.807, 2.05) is 18.5 Å².